The third kappa shape index (κ3) is 9.66. The van der Waals surface area contributed by atoms with E-state index in [1.54, 1.807) is 0 Å². The number of hydrogen-bond acceptors (Lipinski definition) is 2. The number of benzene rings is 7. The molecule has 3 heterocycles. The summed E-state index contributed by atoms with van der Waals surface area (Å²) in [5, 5.41) is 2.31. The summed E-state index contributed by atoms with van der Waals surface area (Å²) in [7, 11) is 0. The van der Waals surface area contributed by atoms with Crippen LogP contribution in [0.15, 0.2) is 182 Å². The van der Waals surface area contributed by atoms with Gasteiger partial charge in [0.05, 0.1) is 11.4 Å². The first-order valence-electron chi connectivity index (χ1n) is 25.3. The van der Waals surface area contributed by atoms with Gasteiger partial charge in [0.1, 0.15) is 5.82 Å². The van der Waals surface area contributed by atoms with Gasteiger partial charge in [-0.05, 0) is 85.6 Å². The van der Waals surface area contributed by atoms with Gasteiger partial charge in [0.15, 0.2) is 0 Å². The number of nitrogens with zero attached hydrogens (tertiary/aromatic N) is 4. The van der Waals surface area contributed by atoms with Gasteiger partial charge in [0.2, 0.25) is 0 Å². The second-order valence-electron chi connectivity index (χ2n) is 23.1. The van der Waals surface area contributed by atoms with Crippen LogP contribution in [0.2, 0.25) is 0 Å². The predicted octanol–water partition coefficient (Wildman–Crippen LogP) is 16.0. The number of fused-ring (bicyclic) bond motifs is 3. The van der Waals surface area contributed by atoms with Crippen LogP contribution in [0.4, 0.5) is 0 Å². The number of ether oxygens (including phenoxy) is 1. The van der Waals surface area contributed by atoms with Crippen molar-refractivity contribution in [3.05, 3.63) is 245 Å². The topological polar surface area (TPSA) is 35.9 Å². The van der Waals surface area contributed by atoms with E-state index in [-0.39, 0.29) is 42.7 Å². The minimum Gasteiger partial charge on any atom is -0.510 e. The Bertz CT molecular complexity index is 3520. The van der Waals surface area contributed by atoms with E-state index < -0.39 is 5.41 Å². The summed E-state index contributed by atoms with van der Waals surface area (Å²) < 4.78 is 13.5. The molecule has 0 amide bonds. The predicted molar refractivity (Wildman–Crippen MR) is 296 cm³/mol. The van der Waals surface area contributed by atoms with Crippen LogP contribution in [-0.4, -0.2) is 14.1 Å². The molecule has 5 nitrogen and oxygen atoms in total. The van der Waals surface area contributed by atoms with Gasteiger partial charge in [-0.25, -0.2) is 4.98 Å². The Morgan fingerprint density at radius 1 is 0.493 bits per heavy atom. The molecule has 0 N–H and O–H groups in total. The molecule has 0 aliphatic heterocycles. The Morgan fingerprint density at radius 2 is 1.05 bits per heavy atom. The largest absolute Gasteiger partial charge is 0.510 e. The molecule has 3 aromatic heterocycles. The molecule has 0 aliphatic carbocycles. The molecular weight excluding hydrogens is 1070 g/mol. The molecule has 10 aromatic rings. The van der Waals surface area contributed by atoms with Crippen LogP contribution >= 0.6 is 0 Å². The molecule has 7 aromatic carbocycles. The van der Waals surface area contributed by atoms with Crippen LogP contribution in [0.3, 0.4) is 0 Å². The van der Waals surface area contributed by atoms with Crippen molar-refractivity contribution in [3.8, 4) is 28.7 Å². The zero-order valence-electron chi connectivity index (χ0n) is 44.3. The summed E-state index contributed by atoms with van der Waals surface area (Å²) in [6, 6.07) is 68.2. The molecular formula is C67H66N4OPt-2. The van der Waals surface area contributed by atoms with E-state index in [1.165, 1.54) is 38.9 Å². The van der Waals surface area contributed by atoms with Crippen molar-refractivity contribution >= 4 is 21.8 Å². The smallest absolute Gasteiger partial charge is 0.267 e. The molecule has 0 saturated heterocycles. The first kappa shape index (κ1) is 51.1. The average Bonchev–Trinajstić information content (AvgIpc) is 3.98. The maximum absolute atomic E-state index is 6.96. The zero-order chi connectivity index (χ0) is 50.8. The third-order valence-electron chi connectivity index (χ3n) is 15.0. The monoisotopic (exact) mass is 1140 g/mol. The SMILES string of the molecule is CC(C)(C)c1ccnc(-n2c3[c-]c(Oc4[c-]c(-n5[c-][n+](-c6cc(C(C)(C)c7ccccc7)cc(C(C)(C)c7ccccc7)c6)cc5C(C)(C)c5ccccc5)ccc4)cc(C(C)(C)C)c3c3ccccc32)c1.[Pt]. The van der Waals surface area contributed by atoms with Crippen molar-refractivity contribution in [3.63, 3.8) is 0 Å². The van der Waals surface area contributed by atoms with E-state index in [0.717, 1.165) is 44.7 Å². The summed E-state index contributed by atoms with van der Waals surface area (Å²) in [6.07, 6.45) is 8.03. The Morgan fingerprint density at radius 3 is 1.63 bits per heavy atom. The molecule has 0 fully saturated rings. The molecule has 0 spiro atoms. The van der Waals surface area contributed by atoms with E-state index in [2.05, 4.69) is 279 Å². The van der Waals surface area contributed by atoms with Gasteiger partial charge in [-0.1, -0.05) is 209 Å². The number of rotatable bonds is 11. The van der Waals surface area contributed by atoms with E-state index in [9.17, 15) is 0 Å². The maximum atomic E-state index is 6.96. The van der Waals surface area contributed by atoms with E-state index in [1.807, 2.05) is 18.3 Å². The van der Waals surface area contributed by atoms with Crippen LogP contribution in [0, 0.1) is 18.5 Å². The van der Waals surface area contributed by atoms with Crippen molar-refractivity contribution in [2.45, 2.75) is 110 Å². The van der Waals surface area contributed by atoms with Gasteiger partial charge in [0.25, 0.3) is 6.33 Å². The quantitative estimate of drug-likeness (QED) is 0.0956. The van der Waals surface area contributed by atoms with Crippen LogP contribution in [0.1, 0.15) is 128 Å². The summed E-state index contributed by atoms with van der Waals surface area (Å²) in [6.45, 7) is 27.4. The van der Waals surface area contributed by atoms with Gasteiger partial charge >= 0.3 is 0 Å². The van der Waals surface area contributed by atoms with Crippen LogP contribution in [0.25, 0.3) is 39.0 Å². The molecule has 0 saturated carbocycles. The van der Waals surface area contributed by atoms with E-state index >= 15 is 0 Å². The Hall–Kier alpha value is -6.81. The van der Waals surface area contributed by atoms with Crippen molar-refractivity contribution in [1.82, 2.24) is 14.1 Å². The van der Waals surface area contributed by atoms with Crippen LogP contribution in [0.5, 0.6) is 11.5 Å². The summed E-state index contributed by atoms with van der Waals surface area (Å²) >= 11 is 0. The van der Waals surface area contributed by atoms with Crippen LogP contribution < -0.4 is 9.30 Å². The average molecular weight is 1140 g/mol. The standard InChI is InChI=1S/C67H66N4O.Pt/c1-63(2,3)49-35-36-68-61(40-49)71-58-34-23-22-33-56(58)62-57(64(4,5)6)42-55(43-59(62)71)72-54-32-24-31-52(41-54)70-45-69(44-60(70)67(11,12)48-29-20-15-21-30-48)53-38-50(65(7,8)46-25-16-13-17-26-46)37-51(39-53)66(9,10)47-27-18-14-19-28-47;/h13-40,42,44H,1-12H3;/q-2;. The van der Waals surface area contributed by atoms with Gasteiger partial charge in [-0.3, -0.25) is 4.57 Å². The fourth-order valence-electron chi connectivity index (χ4n) is 10.3. The number of hydrogen-bond donors (Lipinski definition) is 0. The number of para-hydroxylation sites is 1. The van der Waals surface area contributed by atoms with Gasteiger partial charge in [0, 0.05) is 66.7 Å². The molecule has 0 bridgehead atoms. The summed E-state index contributed by atoms with van der Waals surface area (Å²) in [5.41, 5.74) is 12.1. The molecule has 73 heavy (non-hydrogen) atoms. The molecule has 0 atom stereocenters. The Balaban J connectivity index is 0.00000656. The van der Waals surface area contributed by atoms with E-state index in [0.29, 0.717) is 11.5 Å². The first-order chi connectivity index (χ1) is 34.2. The minimum atomic E-state index is -0.438. The number of imidazole rings is 1. The second-order valence-corrected chi connectivity index (χ2v) is 23.1. The van der Waals surface area contributed by atoms with Gasteiger partial charge in [-0.15, -0.1) is 29.8 Å². The van der Waals surface area contributed by atoms with Crippen molar-refractivity contribution in [1.29, 1.82) is 0 Å². The van der Waals surface area contributed by atoms with Crippen molar-refractivity contribution < 1.29 is 30.4 Å². The number of pyridine rings is 1. The minimum absolute atomic E-state index is 0. The van der Waals surface area contributed by atoms with Gasteiger partial charge < -0.3 is 13.9 Å². The summed E-state index contributed by atoms with van der Waals surface area (Å²) in [4.78, 5) is 4.97. The van der Waals surface area contributed by atoms with E-state index in [4.69, 9.17) is 9.72 Å². The molecule has 0 unspecified atom stereocenters. The fraction of sp³-hybridized carbons (Fsp3) is 0.254. The van der Waals surface area contributed by atoms with Crippen LogP contribution in [-0.2, 0) is 48.1 Å². The third-order valence-corrected chi connectivity index (χ3v) is 15.0. The van der Waals surface area contributed by atoms with Crippen molar-refractivity contribution in [2.75, 3.05) is 0 Å². The summed E-state index contributed by atoms with van der Waals surface area (Å²) in [5.74, 6) is 2.04. The van der Waals surface area contributed by atoms with Crippen molar-refractivity contribution in [2.24, 2.45) is 0 Å². The normalized spacial score (nSPS) is 12.5. The molecule has 372 valence electrons. The molecule has 0 aliphatic rings. The van der Waals surface area contributed by atoms with Gasteiger partial charge in [-0.2, -0.15) is 12.1 Å². The number of aromatic nitrogens is 4. The fourth-order valence-corrected chi connectivity index (χ4v) is 10.3. The Labute approximate surface area is 447 Å². The molecule has 0 radical (unpaired) electrons. The molecule has 10 rings (SSSR count). The second kappa shape index (κ2) is 19.2. The maximum Gasteiger partial charge on any atom is 0.267 e. The Kier molecular flexibility index (Phi) is 13.5. The molecule has 6 heteroatoms. The first-order valence-corrected chi connectivity index (χ1v) is 25.3. The zero-order valence-corrected chi connectivity index (χ0v) is 46.6.